The van der Waals surface area contributed by atoms with Crippen molar-refractivity contribution in [2.24, 2.45) is 0 Å². The number of hydrogen-bond donors (Lipinski definition) is 0. The van der Waals surface area contributed by atoms with Crippen LogP contribution in [0.1, 0.15) is 37.4 Å². The van der Waals surface area contributed by atoms with Gasteiger partial charge in [-0.25, -0.2) is 13.2 Å². The van der Waals surface area contributed by atoms with Gasteiger partial charge in [-0.2, -0.15) is 17.5 Å². The number of carbonyl (C=O) groups excluding carboxylic acids is 1. The van der Waals surface area contributed by atoms with Gasteiger partial charge in [0.05, 0.1) is 32.6 Å². The van der Waals surface area contributed by atoms with Crippen molar-refractivity contribution >= 4 is 21.8 Å². The Morgan fingerprint density at radius 3 is 2.26 bits per heavy atom. The number of anilines is 1. The molecule has 2 aromatic rings. The first kappa shape index (κ1) is 26.6. The number of sulfonamides is 1. The molecule has 8 nitrogen and oxygen atoms in total. The van der Waals surface area contributed by atoms with Crippen LogP contribution >= 0.6 is 0 Å². The molecule has 0 saturated carbocycles. The molecule has 3 rings (SSSR count). The Morgan fingerprint density at radius 2 is 1.71 bits per heavy atom. The standard InChI is InChI=1S/C23H27F3N2O6S/c1-5-34-22(29)28-15(2)11-18(17-12-20(32-3)21(33-4)13-19(17)28)27(35(30,31)23(24,25)26)14-16-9-7-6-8-10-16/h6-10,12-13,15,18H,5,11,14H2,1-4H3/t15-,18+/m0/s1. The zero-order valence-electron chi connectivity index (χ0n) is 19.7. The average Bonchev–Trinajstić information content (AvgIpc) is 2.81. The van der Waals surface area contributed by atoms with E-state index in [0.717, 1.165) is 0 Å². The molecule has 1 aliphatic heterocycles. The number of carbonyl (C=O) groups is 1. The van der Waals surface area contributed by atoms with Gasteiger partial charge in [-0.05, 0) is 37.5 Å². The molecule has 0 aliphatic carbocycles. The summed E-state index contributed by atoms with van der Waals surface area (Å²) in [5.41, 5.74) is -4.80. The molecule has 0 unspecified atom stereocenters. The van der Waals surface area contributed by atoms with Gasteiger partial charge in [-0.15, -0.1) is 0 Å². The Labute approximate surface area is 202 Å². The summed E-state index contributed by atoms with van der Waals surface area (Å²) in [6.07, 6.45) is -0.816. The number of alkyl halides is 3. The number of nitrogens with zero attached hydrogens (tertiary/aromatic N) is 2. The third kappa shape index (κ3) is 5.18. The molecule has 12 heteroatoms. The van der Waals surface area contributed by atoms with Gasteiger partial charge in [0.1, 0.15) is 0 Å². The van der Waals surface area contributed by atoms with Crippen LogP contribution in [-0.2, 0) is 21.3 Å². The molecule has 192 valence electrons. The van der Waals surface area contributed by atoms with Crippen LogP contribution in [0.25, 0.3) is 0 Å². The van der Waals surface area contributed by atoms with Crippen molar-refractivity contribution in [2.75, 3.05) is 25.7 Å². The van der Waals surface area contributed by atoms with Crippen LogP contribution in [0.5, 0.6) is 11.5 Å². The summed E-state index contributed by atoms with van der Waals surface area (Å²) >= 11 is 0. The number of halogens is 3. The van der Waals surface area contributed by atoms with Crippen LogP contribution in [-0.4, -0.2) is 51.2 Å². The SMILES string of the molecule is CCOC(=O)N1c2cc(OC)c(OC)cc2[C@H](N(Cc2ccccc2)S(=O)(=O)C(F)(F)F)C[C@@H]1C. The van der Waals surface area contributed by atoms with Crippen molar-refractivity contribution < 1.29 is 40.6 Å². The third-order valence-corrected chi connectivity index (χ3v) is 7.34. The molecule has 1 amide bonds. The summed E-state index contributed by atoms with van der Waals surface area (Å²) < 4.78 is 83.3. The van der Waals surface area contributed by atoms with Crippen molar-refractivity contribution in [3.8, 4) is 11.5 Å². The fourth-order valence-electron chi connectivity index (χ4n) is 4.16. The summed E-state index contributed by atoms with van der Waals surface area (Å²) in [7, 11) is -3.04. The lowest BCUT2D eigenvalue weighted by molar-refractivity contribution is -0.0507. The molecule has 0 fully saturated rings. The fourth-order valence-corrected chi connectivity index (χ4v) is 5.28. The molecule has 1 aliphatic rings. The van der Waals surface area contributed by atoms with Crippen molar-refractivity contribution in [3.63, 3.8) is 0 Å². The monoisotopic (exact) mass is 516 g/mol. The first-order valence-corrected chi connectivity index (χ1v) is 12.2. The van der Waals surface area contributed by atoms with E-state index < -0.39 is 40.3 Å². The minimum atomic E-state index is -5.76. The molecule has 1 heterocycles. The Morgan fingerprint density at radius 1 is 1.11 bits per heavy atom. The molecule has 0 aromatic heterocycles. The maximum Gasteiger partial charge on any atom is 0.511 e. The Balaban J connectivity index is 2.25. The second-order valence-corrected chi connectivity index (χ2v) is 9.80. The summed E-state index contributed by atoms with van der Waals surface area (Å²) in [6.45, 7) is 2.80. The molecule has 0 N–H and O–H groups in total. The molecule has 2 aromatic carbocycles. The fraction of sp³-hybridized carbons (Fsp3) is 0.435. The van der Waals surface area contributed by atoms with E-state index in [0.29, 0.717) is 9.87 Å². The zero-order chi connectivity index (χ0) is 26.0. The smallest absolute Gasteiger partial charge is 0.493 e. The maximum absolute atomic E-state index is 13.8. The number of amides is 1. The van der Waals surface area contributed by atoms with E-state index in [2.05, 4.69) is 0 Å². The molecular weight excluding hydrogens is 489 g/mol. The molecule has 2 atom stereocenters. The van der Waals surface area contributed by atoms with Gasteiger partial charge >= 0.3 is 21.6 Å². The van der Waals surface area contributed by atoms with Gasteiger partial charge in [0.2, 0.25) is 0 Å². The average molecular weight is 517 g/mol. The lowest BCUT2D eigenvalue weighted by atomic mass is 9.91. The highest BCUT2D eigenvalue weighted by atomic mass is 32.2. The van der Waals surface area contributed by atoms with E-state index in [-0.39, 0.29) is 35.8 Å². The van der Waals surface area contributed by atoms with Gasteiger partial charge in [0.25, 0.3) is 0 Å². The number of ether oxygens (including phenoxy) is 3. The number of hydrogen-bond acceptors (Lipinski definition) is 6. The number of fused-ring (bicyclic) bond motifs is 1. The van der Waals surface area contributed by atoms with Gasteiger partial charge in [0, 0.05) is 18.7 Å². The van der Waals surface area contributed by atoms with E-state index in [1.165, 1.54) is 31.3 Å². The van der Waals surface area contributed by atoms with E-state index in [9.17, 15) is 26.4 Å². The summed E-state index contributed by atoms with van der Waals surface area (Å²) in [4.78, 5) is 14.1. The summed E-state index contributed by atoms with van der Waals surface area (Å²) in [5.74, 6) is 0.403. The van der Waals surface area contributed by atoms with Gasteiger partial charge in [0.15, 0.2) is 11.5 Å². The molecule has 0 bridgehead atoms. The second kappa shape index (κ2) is 10.3. The zero-order valence-corrected chi connectivity index (χ0v) is 20.5. The number of methoxy groups -OCH3 is 2. The second-order valence-electron chi connectivity index (χ2n) is 7.92. The van der Waals surface area contributed by atoms with E-state index in [1.54, 1.807) is 44.2 Å². The minimum absolute atomic E-state index is 0.0800. The Bertz CT molecular complexity index is 1160. The van der Waals surface area contributed by atoms with E-state index >= 15 is 0 Å². The lowest BCUT2D eigenvalue weighted by Crippen LogP contribution is -2.49. The van der Waals surface area contributed by atoms with Gasteiger partial charge in [-0.3, -0.25) is 4.90 Å². The molecule has 35 heavy (non-hydrogen) atoms. The summed E-state index contributed by atoms with van der Waals surface area (Å²) in [6, 6.07) is 8.90. The Hall–Kier alpha value is -2.99. The highest BCUT2D eigenvalue weighted by Crippen LogP contribution is 2.48. The number of rotatable bonds is 7. The predicted molar refractivity (Wildman–Crippen MR) is 123 cm³/mol. The predicted octanol–water partition coefficient (Wildman–Crippen LogP) is 4.85. The molecule has 0 saturated heterocycles. The summed E-state index contributed by atoms with van der Waals surface area (Å²) in [5, 5.41) is 0. The quantitative estimate of drug-likeness (QED) is 0.523. The van der Waals surface area contributed by atoms with Crippen molar-refractivity contribution in [2.45, 2.75) is 44.4 Å². The highest BCUT2D eigenvalue weighted by Gasteiger charge is 2.53. The first-order valence-electron chi connectivity index (χ1n) is 10.8. The van der Waals surface area contributed by atoms with Crippen LogP contribution in [0.2, 0.25) is 0 Å². The van der Waals surface area contributed by atoms with E-state index in [1.807, 2.05) is 0 Å². The molecule has 0 spiro atoms. The van der Waals surface area contributed by atoms with Crippen molar-refractivity contribution in [3.05, 3.63) is 53.6 Å². The van der Waals surface area contributed by atoms with Crippen LogP contribution in [0, 0.1) is 0 Å². The lowest BCUT2D eigenvalue weighted by Gasteiger charge is -2.42. The molecular formula is C23H27F3N2O6S. The largest absolute Gasteiger partial charge is 0.511 e. The van der Waals surface area contributed by atoms with Crippen LogP contribution in [0.15, 0.2) is 42.5 Å². The first-order chi connectivity index (χ1) is 16.5. The molecule has 0 radical (unpaired) electrons. The Kier molecular flexibility index (Phi) is 7.85. The van der Waals surface area contributed by atoms with Crippen molar-refractivity contribution in [1.29, 1.82) is 0 Å². The topological polar surface area (TPSA) is 85.4 Å². The third-order valence-electron chi connectivity index (χ3n) is 5.75. The van der Waals surface area contributed by atoms with Crippen LogP contribution in [0.3, 0.4) is 0 Å². The van der Waals surface area contributed by atoms with E-state index in [4.69, 9.17) is 14.2 Å². The number of benzene rings is 2. The highest BCUT2D eigenvalue weighted by molar-refractivity contribution is 7.89. The van der Waals surface area contributed by atoms with Crippen LogP contribution < -0.4 is 14.4 Å². The normalized spacial score (nSPS) is 18.2. The van der Waals surface area contributed by atoms with Crippen molar-refractivity contribution in [1.82, 2.24) is 4.31 Å². The van der Waals surface area contributed by atoms with Gasteiger partial charge < -0.3 is 14.2 Å². The maximum atomic E-state index is 13.8. The van der Waals surface area contributed by atoms with Crippen LogP contribution in [0.4, 0.5) is 23.7 Å². The van der Waals surface area contributed by atoms with Gasteiger partial charge in [-0.1, -0.05) is 30.3 Å². The minimum Gasteiger partial charge on any atom is -0.493 e.